The van der Waals surface area contributed by atoms with Crippen LogP contribution in [0, 0.1) is 12.3 Å². The van der Waals surface area contributed by atoms with Gasteiger partial charge >= 0.3 is 0 Å². The zero-order valence-corrected chi connectivity index (χ0v) is 9.21. The lowest BCUT2D eigenvalue weighted by Crippen LogP contribution is -2.23. The molecule has 0 amide bonds. The Morgan fingerprint density at radius 2 is 2.27 bits per heavy atom. The Hall–Kier alpha value is -1.56. The van der Waals surface area contributed by atoms with Crippen LogP contribution >= 0.6 is 11.8 Å². The average molecular weight is 223 g/mol. The van der Waals surface area contributed by atoms with Gasteiger partial charge in [-0.25, -0.2) is 0 Å². The first-order valence-corrected chi connectivity index (χ1v) is 5.30. The van der Waals surface area contributed by atoms with E-state index in [0.717, 1.165) is 11.4 Å². The van der Waals surface area contributed by atoms with Crippen LogP contribution in [0.3, 0.4) is 0 Å². The molecule has 0 bridgehead atoms. The van der Waals surface area contributed by atoms with Crippen LogP contribution in [-0.2, 0) is 5.75 Å². The minimum Gasteiger partial charge on any atom is -0.370 e. The van der Waals surface area contributed by atoms with Crippen molar-refractivity contribution >= 4 is 22.9 Å². The predicted octanol–water partition coefficient (Wildman–Crippen LogP) is 0.831. The van der Waals surface area contributed by atoms with Gasteiger partial charge in [0.25, 0.3) is 0 Å². The molecule has 0 spiro atoms. The monoisotopic (exact) mass is 223 g/mol. The highest BCUT2D eigenvalue weighted by Crippen LogP contribution is 2.12. The second kappa shape index (κ2) is 5.35. The molecule has 6 heteroatoms. The van der Waals surface area contributed by atoms with Gasteiger partial charge in [0.15, 0.2) is 11.1 Å². The fraction of sp³-hybridized carbons (Fsp3) is 0.222. The van der Waals surface area contributed by atoms with Gasteiger partial charge < -0.3 is 11.5 Å². The van der Waals surface area contributed by atoms with E-state index in [1.807, 2.05) is 25.1 Å². The first-order chi connectivity index (χ1) is 7.08. The van der Waals surface area contributed by atoms with Crippen molar-refractivity contribution in [2.75, 3.05) is 0 Å². The lowest BCUT2D eigenvalue weighted by atomic mass is 10.3. The lowest BCUT2D eigenvalue weighted by Gasteiger charge is -2.00. The number of hydrogen-bond donors (Lipinski definition) is 3. The van der Waals surface area contributed by atoms with Crippen LogP contribution in [0.25, 0.3) is 0 Å². The smallest absolute Gasteiger partial charge is 0.193 e. The zero-order valence-electron chi connectivity index (χ0n) is 8.40. The number of rotatable bonds is 2. The lowest BCUT2D eigenvalue weighted by molar-refractivity contribution is 1.11. The predicted molar refractivity (Wildman–Crippen MR) is 63.8 cm³/mol. The Balaban J connectivity index is 2.51. The van der Waals surface area contributed by atoms with Crippen LogP contribution in [0.1, 0.15) is 11.4 Å². The Morgan fingerprint density at radius 1 is 1.53 bits per heavy atom. The molecule has 0 unspecified atom stereocenters. The highest BCUT2D eigenvalue weighted by molar-refractivity contribution is 8.13. The molecule has 0 aromatic carbocycles. The van der Waals surface area contributed by atoms with E-state index in [9.17, 15) is 0 Å². The van der Waals surface area contributed by atoms with Crippen molar-refractivity contribution in [3.63, 3.8) is 0 Å². The normalized spacial score (nSPS) is 9.67. The molecule has 80 valence electrons. The molecule has 1 aromatic heterocycles. The zero-order chi connectivity index (χ0) is 11.3. The van der Waals surface area contributed by atoms with Gasteiger partial charge in [0.2, 0.25) is 0 Å². The van der Waals surface area contributed by atoms with Crippen molar-refractivity contribution in [1.82, 2.24) is 4.98 Å². The molecule has 5 nitrogen and oxygen atoms in total. The van der Waals surface area contributed by atoms with E-state index in [2.05, 4.69) is 9.98 Å². The van der Waals surface area contributed by atoms with Gasteiger partial charge in [-0.1, -0.05) is 17.8 Å². The summed E-state index contributed by atoms with van der Waals surface area (Å²) in [5.41, 5.74) is 12.2. The standard InChI is InChI=1S/C9H13N5S/c1-6-3-2-4-7(13-6)5-15-9(12)14-8(10)11/h2-4H,5H2,1H3,(H5,10,11,12,14). The maximum atomic E-state index is 7.41. The van der Waals surface area contributed by atoms with Crippen molar-refractivity contribution in [2.24, 2.45) is 16.5 Å². The number of pyridine rings is 1. The van der Waals surface area contributed by atoms with E-state index in [0.29, 0.717) is 5.75 Å². The molecule has 0 aliphatic rings. The molecular weight excluding hydrogens is 210 g/mol. The molecule has 0 fully saturated rings. The van der Waals surface area contributed by atoms with E-state index in [1.165, 1.54) is 11.8 Å². The third-order valence-electron chi connectivity index (χ3n) is 1.53. The summed E-state index contributed by atoms with van der Waals surface area (Å²) in [7, 11) is 0. The minimum atomic E-state index is -0.0929. The van der Waals surface area contributed by atoms with Crippen LogP contribution < -0.4 is 11.5 Å². The van der Waals surface area contributed by atoms with Crippen molar-refractivity contribution in [3.8, 4) is 0 Å². The number of nitrogens with two attached hydrogens (primary N) is 2. The number of aliphatic imine (C=N–C) groups is 1. The fourth-order valence-electron chi connectivity index (χ4n) is 0.972. The molecule has 0 saturated heterocycles. The van der Waals surface area contributed by atoms with Crippen LogP contribution in [-0.4, -0.2) is 16.1 Å². The van der Waals surface area contributed by atoms with Crippen molar-refractivity contribution in [2.45, 2.75) is 12.7 Å². The Morgan fingerprint density at radius 3 is 2.87 bits per heavy atom. The summed E-state index contributed by atoms with van der Waals surface area (Å²) in [6, 6.07) is 5.76. The molecule has 0 aliphatic heterocycles. The van der Waals surface area contributed by atoms with Crippen LogP contribution in [0.5, 0.6) is 0 Å². The number of nitrogens with one attached hydrogen (secondary N) is 1. The van der Waals surface area contributed by atoms with Gasteiger partial charge in [-0.3, -0.25) is 10.4 Å². The third-order valence-corrected chi connectivity index (χ3v) is 2.34. The van der Waals surface area contributed by atoms with E-state index in [-0.39, 0.29) is 11.1 Å². The minimum absolute atomic E-state index is 0.0929. The topological polar surface area (TPSA) is 101 Å². The summed E-state index contributed by atoms with van der Waals surface area (Å²) >= 11 is 1.24. The van der Waals surface area contributed by atoms with Crippen molar-refractivity contribution in [3.05, 3.63) is 29.6 Å². The summed E-state index contributed by atoms with van der Waals surface area (Å²) in [5.74, 6) is 0.502. The summed E-state index contributed by atoms with van der Waals surface area (Å²) in [6.45, 7) is 1.93. The highest BCUT2D eigenvalue weighted by Gasteiger charge is 1.99. The number of amidine groups is 1. The quantitative estimate of drug-likeness (QED) is 0.510. The summed E-state index contributed by atoms with van der Waals surface area (Å²) < 4.78 is 0. The van der Waals surface area contributed by atoms with E-state index >= 15 is 0 Å². The first-order valence-electron chi connectivity index (χ1n) is 4.31. The largest absolute Gasteiger partial charge is 0.370 e. The number of aryl methyl sites for hydroxylation is 1. The maximum absolute atomic E-state index is 7.41. The van der Waals surface area contributed by atoms with Gasteiger partial charge in [-0.05, 0) is 19.1 Å². The SMILES string of the molecule is Cc1cccc(CSC(=N)N=C(N)N)n1. The summed E-state index contributed by atoms with van der Waals surface area (Å²) in [4.78, 5) is 7.90. The molecule has 0 atom stereocenters. The van der Waals surface area contributed by atoms with E-state index in [1.54, 1.807) is 0 Å². The summed E-state index contributed by atoms with van der Waals surface area (Å²) in [5, 5.41) is 7.51. The molecule has 0 radical (unpaired) electrons. The van der Waals surface area contributed by atoms with Crippen LogP contribution in [0.15, 0.2) is 23.2 Å². The van der Waals surface area contributed by atoms with Gasteiger partial charge in [-0.15, -0.1) is 0 Å². The van der Waals surface area contributed by atoms with Gasteiger partial charge in [0, 0.05) is 11.4 Å². The summed E-state index contributed by atoms with van der Waals surface area (Å²) in [6.07, 6.45) is 0. The number of nitrogens with zero attached hydrogens (tertiary/aromatic N) is 2. The van der Waals surface area contributed by atoms with E-state index < -0.39 is 0 Å². The second-order valence-electron chi connectivity index (χ2n) is 2.90. The number of thioether (sulfide) groups is 1. The highest BCUT2D eigenvalue weighted by atomic mass is 32.2. The molecular formula is C9H13N5S. The maximum Gasteiger partial charge on any atom is 0.193 e. The molecule has 0 saturated carbocycles. The number of guanidine groups is 1. The third kappa shape index (κ3) is 4.46. The Labute approximate surface area is 92.5 Å². The Kier molecular flexibility index (Phi) is 4.11. The van der Waals surface area contributed by atoms with Crippen molar-refractivity contribution in [1.29, 1.82) is 5.41 Å². The second-order valence-corrected chi connectivity index (χ2v) is 3.86. The van der Waals surface area contributed by atoms with Gasteiger partial charge in [-0.2, -0.15) is 4.99 Å². The first kappa shape index (κ1) is 11.5. The van der Waals surface area contributed by atoms with Gasteiger partial charge in [0.1, 0.15) is 0 Å². The van der Waals surface area contributed by atoms with Crippen molar-refractivity contribution < 1.29 is 0 Å². The van der Waals surface area contributed by atoms with Gasteiger partial charge in [0.05, 0.1) is 5.69 Å². The molecule has 1 aromatic rings. The van der Waals surface area contributed by atoms with E-state index in [4.69, 9.17) is 16.9 Å². The molecule has 1 heterocycles. The molecule has 15 heavy (non-hydrogen) atoms. The van der Waals surface area contributed by atoms with Crippen LogP contribution in [0.2, 0.25) is 0 Å². The van der Waals surface area contributed by atoms with Crippen LogP contribution in [0.4, 0.5) is 0 Å². The average Bonchev–Trinajstić information content (AvgIpc) is 2.14. The number of hydrogen-bond acceptors (Lipinski definition) is 3. The molecule has 1 rings (SSSR count). The number of aromatic nitrogens is 1. The fourth-order valence-corrected chi connectivity index (χ4v) is 1.59. The molecule has 5 N–H and O–H groups in total. The Bertz CT molecular complexity index is 384. The molecule has 0 aliphatic carbocycles.